The molecule has 28 heavy (non-hydrogen) atoms. The van der Waals surface area contributed by atoms with Crippen LogP contribution in [0.15, 0.2) is 33.6 Å². The first-order valence-electron chi connectivity index (χ1n) is 9.62. The van der Waals surface area contributed by atoms with Crippen molar-refractivity contribution in [2.75, 3.05) is 13.1 Å². The highest BCUT2D eigenvalue weighted by Crippen LogP contribution is 2.27. The summed E-state index contributed by atoms with van der Waals surface area (Å²) < 4.78 is 8.82. The molecule has 3 aromatic rings. The second kappa shape index (κ2) is 7.47. The van der Waals surface area contributed by atoms with Crippen LogP contribution < -0.4 is 5.76 Å². The smallest absolute Gasteiger partial charge is 0.408 e. The van der Waals surface area contributed by atoms with Crippen molar-refractivity contribution in [3.05, 3.63) is 51.2 Å². The first kappa shape index (κ1) is 18.8. The number of amides is 1. The Kier molecular flexibility index (Phi) is 5.02. The van der Waals surface area contributed by atoms with Crippen LogP contribution in [0.3, 0.4) is 0 Å². The van der Waals surface area contributed by atoms with Gasteiger partial charge in [-0.15, -0.1) is 0 Å². The van der Waals surface area contributed by atoms with E-state index in [1.54, 1.807) is 22.8 Å². The fraction of sp³-hybridized carbons (Fsp3) is 0.450. The van der Waals surface area contributed by atoms with Gasteiger partial charge in [0.2, 0.25) is 0 Å². The van der Waals surface area contributed by atoms with Gasteiger partial charge in [0.25, 0.3) is 5.91 Å². The van der Waals surface area contributed by atoms with Gasteiger partial charge in [-0.2, -0.15) is 5.10 Å². The van der Waals surface area contributed by atoms with E-state index in [9.17, 15) is 9.59 Å². The topological polar surface area (TPSA) is 73.3 Å². The zero-order valence-corrected chi connectivity index (χ0v) is 16.8. The van der Waals surface area contributed by atoms with Gasteiger partial charge in [-0.1, -0.05) is 18.5 Å². The minimum Gasteiger partial charge on any atom is -0.408 e. The Balaban J connectivity index is 1.62. The molecule has 4 rings (SSSR count). The van der Waals surface area contributed by atoms with Crippen LogP contribution in [0, 0.1) is 6.92 Å². The Morgan fingerprint density at radius 3 is 3.00 bits per heavy atom. The predicted molar refractivity (Wildman–Crippen MR) is 107 cm³/mol. The van der Waals surface area contributed by atoms with Gasteiger partial charge in [0.05, 0.1) is 22.8 Å². The minimum atomic E-state index is -0.413. The zero-order chi connectivity index (χ0) is 19.8. The average Bonchev–Trinajstić information content (AvgIpc) is 3.20. The quantitative estimate of drug-likeness (QED) is 0.667. The summed E-state index contributed by atoms with van der Waals surface area (Å²) in [5, 5.41) is 4.98. The normalized spacial score (nSPS) is 17.4. The number of nitrogens with zero attached hydrogens (tertiary/aromatic N) is 4. The molecule has 1 aliphatic rings. The number of benzene rings is 1. The molecule has 3 heterocycles. The lowest BCUT2D eigenvalue weighted by atomic mass is 10.0. The standard InChI is InChI=1S/C20H23ClN4O3/c1-3-8-24-12-16(13(2)22-24)19(26)23-9-4-5-15(11-23)25-17-10-14(21)6-7-18(17)28-20(25)27/h6-7,10,12,15H,3-5,8-9,11H2,1-2H3. The Hall–Kier alpha value is -2.54. The summed E-state index contributed by atoms with van der Waals surface area (Å²) in [6.45, 7) is 5.84. The van der Waals surface area contributed by atoms with Crippen molar-refractivity contribution in [2.45, 2.75) is 45.7 Å². The Morgan fingerprint density at radius 2 is 2.21 bits per heavy atom. The summed E-state index contributed by atoms with van der Waals surface area (Å²) in [6.07, 6.45) is 4.40. The maximum atomic E-state index is 13.1. The van der Waals surface area contributed by atoms with Gasteiger partial charge in [-0.3, -0.25) is 14.0 Å². The van der Waals surface area contributed by atoms with Crippen LogP contribution in [0.1, 0.15) is 48.3 Å². The van der Waals surface area contributed by atoms with Gasteiger partial charge in [-0.05, 0) is 44.4 Å². The molecule has 0 radical (unpaired) electrons. The van der Waals surface area contributed by atoms with Crippen LogP contribution in [0.2, 0.25) is 5.02 Å². The molecule has 148 valence electrons. The number of rotatable bonds is 4. The molecule has 7 nitrogen and oxygen atoms in total. The van der Waals surface area contributed by atoms with Gasteiger partial charge in [0.1, 0.15) is 0 Å². The number of aryl methyl sites for hydroxylation is 2. The molecular formula is C20H23ClN4O3. The molecule has 1 aliphatic heterocycles. The number of likely N-dealkylation sites (tertiary alicyclic amines) is 1. The number of fused-ring (bicyclic) bond motifs is 1. The molecule has 1 aromatic carbocycles. The largest absolute Gasteiger partial charge is 0.420 e. The first-order chi connectivity index (χ1) is 13.5. The summed E-state index contributed by atoms with van der Waals surface area (Å²) in [7, 11) is 0. The lowest BCUT2D eigenvalue weighted by Gasteiger charge is -2.33. The van der Waals surface area contributed by atoms with E-state index in [2.05, 4.69) is 12.0 Å². The molecule has 0 aliphatic carbocycles. The number of halogens is 1. The molecule has 8 heteroatoms. The van der Waals surface area contributed by atoms with E-state index in [1.165, 1.54) is 0 Å². The van der Waals surface area contributed by atoms with Crippen LogP contribution >= 0.6 is 11.6 Å². The number of hydrogen-bond donors (Lipinski definition) is 0. The molecule has 1 amide bonds. The number of oxazole rings is 1. The van der Waals surface area contributed by atoms with E-state index >= 15 is 0 Å². The highest BCUT2D eigenvalue weighted by atomic mass is 35.5. The maximum absolute atomic E-state index is 13.1. The van der Waals surface area contributed by atoms with E-state index in [4.69, 9.17) is 16.0 Å². The van der Waals surface area contributed by atoms with E-state index < -0.39 is 5.76 Å². The highest BCUT2D eigenvalue weighted by molar-refractivity contribution is 6.31. The monoisotopic (exact) mass is 402 g/mol. The number of carbonyl (C=O) groups is 1. The number of piperidine rings is 1. The molecule has 2 aromatic heterocycles. The summed E-state index contributed by atoms with van der Waals surface area (Å²) >= 11 is 6.11. The molecule has 0 spiro atoms. The first-order valence-corrected chi connectivity index (χ1v) is 9.99. The molecule has 1 unspecified atom stereocenters. The third-order valence-electron chi connectivity index (χ3n) is 5.25. The molecule has 0 bridgehead atoms. The average molecular weight is 403 g/mol. The van der Waals surface area contributed by atoms with Gasteiger partial charge in [0, 0.05) is 30.9 Å². The molecule has 1 fully saturated rings. The van der Waals surface area contributed by atoms with E-state index in [0.717, 1.165) is 31.5 Å². The van der Waals surface area contributed by atoms with Crippen LogP contribution in [0.4, 0.5) is 0 Å². The highest BCUT2D eigenvalue weighted by Gasteiger charge is 2.29. The Bertz CT molecular complexity index is 1080. The van der Waals surface area contributed by atoms with Crippen molar-refractivity contribution >= 4 is 28.6 Å². The zero-order valence-electron chi connectivity index (χ0n) is 16.0. The molecule has 1 saturated heterocycles. The summed E-state index contributed by atoms with van der Waals surface area (Å²) in [6, 6.07) is 5.00. The predicted octanol–water partition coefficient (Wildman–Crippen LogP) is 3.64. The van der Waals surface area contributed by atoms with Crippen LogP contribution in [0.25, 0.3) is 11.1 Å². The Labute approximate surface area is 167 Å². The molecule has 0 saturated carbocycles. The van der Waals surface area contributed by atoms with Crippen molar-refractivity contribution < 1.29 is 9.21 Å². The maximum Gasteiger partial charge on any atom is 0.420 e. The molecular weight excluding hydrogens is 380 g/mol. The van der Waals surface area contributed by atoms with Crippen molar-refractivity contribution in [1.29, 1.82) is 0 Å². The van der Waals surface area contributed by atoms with Gasteiger partial charge in [-0.25, -0.2) is 4.79 Å². The third kappa shape index (κ3) is 3.35. The molecule has 0 N–H and O–H groups in total. The number of aromatic nitrogens is 3. The summed E-state index contributed by atoms with van der Waals surface area (Å²) in [5.74, 6) is -0.452. The minimum absolute atomic E-state index is 0.0385. The van der Waals surface area contributed by atoms with E-state index in [1.807, 2.05) is 22.7 Å². The second-order valence-corrected chi connectivity index (χ2v) is 7.72. The van der Waals surface area contributed by atoms with E-state index in [0.29, 0.717) is 34.8 Å². The SMILES string of the molecule is CCCn1cc(C(=O)N2CCCC(n3c(=O)oc4ccc(Cl)cc43)C2)c(C)n1. The lowest BCUT2D eigenvalue weighted by molar-refractivity contribution is 0.0676. The number of hydrogen-bond acceptors (Lipinski definition) is 4. The summed E-state index contributed by atoms with van der Waals surface area (Å²) in [4.78, 5) is 27.4. The second-order valence-electron chi connectivity index (χ2n) is 7.29. The van der Waals surface area contributed by atoms with Crippen molar-refractivity contribution in [3.63, 3.8) is 0 Å². The van der Waals surface area contributed by atoms with E-state index in [-0.39, 0.29) is 11.9 Å². The fourth-order valence-electron chi connectivity index (χ4n) is 3.94. The van der Waals surface area contributed by atoms with Crippen molar-refractivity contribution in [3.8, 4) is 0 Å². The Morgan fingerprint density at radius 1 is 1.39 bits per heavy atom. The van der Waals surface area contributed by atoms with Gasteiger partial charge in [0.15, 0.2) is 5.58 Å². The number of carbonyl (C=O) groups excluding carboxylic acids is 1. The summed E-state index contributed by atoms with van der Waals surface area (Å²) in [5.41, 5.74) is 2.54. The van der Waals surface area contributed by atoms with Crippen molar-refractivity contribution in [2.24, 2.45) is 0 Å². The third-order valence-corrected chi connectivity index (χ3v) is 5.49. The van der Waals surface area contributed by atoms with Crippen LogP contribution in [-0.2, 0) is 6.54 Å². The van der Waals surface area contributed by atoms with Crippen LogP contribution in [0.5, 0.6) is 0 Å². The van der Waals surface area contributed by atoms with Gasteiger partial charge >= 0.3 is 5.76 Å². The van der Waals surface area contributed by atoms with Crippen molar-refractivity contribution in [1.82, 2.24) is 19.2 Å². The van der Waals surface area contributed by atoms with Crippen LogP contribution in [-0.4, -0.2) is 38.2 Å². The fourth-order valence-corrected chi connectivity index (χ4v) is 4.11. The molecule has 1 atom stereocenters. The van der Waals surface area contributed by atoms with Gasteiger partial charge < -0.3 is 9.32 Å². The lowest BCUT2D eigenvalue weighted by Crippen LogP contribution is -2.42.